The Hall–Kier alpha value is -2.95. The standard InChI is InChI=1S/C17H10F2N2O/c18-12-1-2-13(16(19)6-12)11-5-14-15(10-3-4-22-9-10)8-21-17(14)20-7-11/h1-9H,(H,20,21). The van der Waals surface area contributed by atoms with Gasteiger partial charge in [-0.05, 0) is 24.3 Å². The number of pyridine rings is 1. The molecule has 22 heavy (non-hydrogen) atoms. The van der Waals surface area contributed by atoms with Crippen LogP contribution in [0.2, 0.25) is 0 Å². The Morgan fingerprint density at radius 1 is 1.00 bits per heavy atom. The van der Waals surface area contributed by atoms with Crippen molar-refractivity contribution in [3.63, 3.8) is 0 Å². The molecule has 0 amide bonds. The first-order valence-electron chi connectivity index (χ1n) is 6.67. The quantitative estimate of drug-likeness (QED) is 0.579. The zero-order chi connectivity index (χ0) is 15.1. The van der Waals surface area contributed by atoms with Crippen molar-refractivity contribution in [3.05, 3.63) is 66.9 Å². The average molecular weight is 296 g/mol. The molecule has 4 rings (SSSR count). The minimum absolute atomic E-state index is 0.315. The molecule has 0 atom stereocenters. The SMILES string of the molecule is Fc1ccc(-c2cnc3[nH]cc(-c4ccoc4)c3c2)c(F)c1. The van der Waals surface area contributed by atoms with Crippen LogP contribution < -0.4 is 0 Å². The normalized spacial score (nSPS) is 11.2. The van der Waals surface area contributed by atoms with E-state index < -0.39 is 11.6 Å². The van der Waals surface area contributed by atoms with Gasteiger partial charge in [-0.25, -0.2) is 13.8 Å². The van der Waals surface area contributed by atoms with E-state index >= 15 is 0 Å². The molecule has 0 unspecified atom stereocenters. The molecule has 0 aliphatic heterocycles. The lowest BCUT2D eigenvalue weighted by Gasteiger charge is -2.04. The molecule has 108 valence electrons. The number of H-pyrrole nitrogens is 1. The van der Waals surface area contributed by atoms with Crippen molar-refractivity contribution in [3.8, 4) is 22.3 Å². The number of aromatic nitrogens is 2. The second kappa shape index (κ2) is 4.80. The number of furan rings is 1. The molecule has 0 radical (unpaired) electrons. The van der Waals surface area contributed by atoms with Crippen LogP contribution in [0, 0.1) is 11.6 Å². The third-order valence-corrected chi connectivity index (χ3v) is 3.61. The van der Waals surface area contributed by atoms with Gasteiger partial charge < -0.3 is 9.40 Å². The summed E-state index contributed by atoms with van der Waals surface area (Å²) in [5.41, 5.74) is 3.43. The fourth-order valence-electron chi connectivity index (χ4n) is 2.53. The number of hydrogen-bond acceptors (Lipinski definition) is 2. The first-order chi connectivity index (χ1) is 10.7. The zero-order valence-corrected chi connectivity index (χ0v) is 11.3. The van der Waals surface area contributed by atoms with Crippen LogP contribution in [-0.4, -0.2) is 9.97 Å². The van der Waals surface area contributed by atoms with Gasteiger partial charge in [0.05, 0.1) is 12.5 Å². The highest BCUT2D eigenvalue weighted by atomic mass is 19.1. The van der Waals surface area contributed by atoms with Gasteiger partial charge in [0.1, 0.15) is 17.3 Å². The molecule has 3 aromatic heterocycles. The maximum atomic E-state index is 13.9. The van der Waals surface area contributed by atoms with Crippen molar-refractivity contribution in [2.75, 3.05) is 0 Å². The highest BCUT2D eigenvalue weighted by Gasteiger charge is 2.12. The van der Waals surface area contributed by atoms with E-state index in [1.807, 2.05) is 18.3 Å². The summed E-state index contributed by atoms with van der Waals surface area (Å²) < 4.78 is 32.1. The molecular weight excluding hydrogens is 286 g/mol. The second-order valence-corrected chi connectivity index (χ2v) is 4.96. The Kier molecular flexibility index (Phi) is 2.79. The molecule has 0 bridgehead atoms. The molecule has 1 aromatic carbocycles. The number of halogens is 2. The Balaban J connectivity index is 1.91. The lowest BCUT2D eigenvalue weighted by molar-refractivity contribution is 0.568. The number of aromatic amines is 1. The van der Waals surface area contributed by atoms with Crippen LogP contribution in [0.15, 0.2) is 59.7 Å². The molecule has 3 heterocycles. The molecule has 0 fully saturated rings. The minimum atomic E-state index is -0.610. The Morgan fingerprint density at radius 2 is 1.91 bits per heavy atom. The summed E-state index contributed by atoms with van der Waals surface area (Å²) in [6.07, 6.45) is 6.61. The van der Waals surface area contributed by atoms with E-state index in [9.17, 15) is 8.78 Å². The maximum absolute atomic E-state index is 13.9. The van der Waals surface area contributed by atoms with Gasteiger partial charge in [0.2, 0.25) is 0 Å². The summed E-state index contributed by atoms with van der Waals surface area (Å²) in [6, 6.07) is 7.19. The van der Waals surface area contributed by atoms with Crippen molar-refractivity contribution in [2.45, 2.75) is 0 Å². The van der Waals surface area contributed by atoms with Gasteiger partial charge in [-0.1, -0.05) is 0 Å². The maximum Gasteiger partial charge on any atom is 0.137 e. The summed E-state index contributed by atoms with van der Waals surface area (Å²) in [6.45, 7) is 0. The predicted molar refractivity (Wildman–Crippen MR) is 79.1 cm³/mol. The van der Waals surface area contributed by atoms with E-state index in [-0.39, 0.29) is 0 Å². The minimum Gasteiger partial charge on any atom is -0.472 e. The number of hydrogen-bond donors (Lipinski definition) is 1. The molecule has 0 aliphatic rings. The number of nitrogens with zero attached hydrogens (tertiary/aromatic N) is 1. The van der Waals surface area contributed by atoms with Crippen molar-refractivity contribution in [1.29, 1.82) is 0 Å². The summed E-state index contributed by atoms with van der Waals surface area (Å²) in [7, 11) is 0. The number of rotatable bonds is 2. The molecule has 0 spiro atoms. The molecule has 0 saturated heterocycles. The van der Waals surface area contributed by atoms with Gasteiger partial charge in [0, 0.05) is 46.1 Å². The van der Waals surface area contributed by atoms with Crippen LogP contribution >= 0.6 is 0 Å². The van der Waals surface area contributed by atoms with Crippen molar-refractivity contribution >= 4 is 11.0 Å². The molecule has 4 aromatic rings. The summed E-state index contributed by atoms with van der Waals surface area (Å²) >= 11 is 0. The lowest BCUT2D eigenvalue weighted by atomic mass is 10.0. The van der Waals surface area contributed by atoms with Crippen molar-refractivity contribution in [2.24, 2.45) is 0 Å². The summed E-state index contributed by atoms with van der Waals surface area (Å²) in [5.74, 6) is -1.21. The van der Waals surface area contributed by atoms with Gasteiger partial charge in [0.25, 0.3) is 0 Å². The highest BCUT2D eigenvalue weighted by molar-refractivity contribution is 5.95. The topological polar surface area (TPSA) is 41.8 Å². The van der Waals surface area contributed by atoms with E-state index in [2.05, 4.69) is 9.97 Å². The third kappa shape index (κ3) is 1.98. The van der Waals surface area contributed by atoms with Gasteiger partial charge in [0.15, 0.2) is 0 Å². The van der Waals surface area contributed by atoms with Crippen LogP contribution in [0.5, 0.6) is 0 Å². The first-order valence-corrected chi connectivity index (χ1v) is 6.67. The molecule has 1 N–H and O–H groups in total. The van der Waals surface area contributed by atoms with Crippen LogP contribution in [0.1, 0.15) is 0 Å². The predicted octanol–water partition coefficient (Wildman–Crippen LogP) is 4.77. The van der Waals surface area contributed by atoms with Crippen LogP contribution in [-0.2, 0) is 0 Å². The lowest BCUT2D eigenvalue weighted by Crippen LogP contribution is -1.88. The van der Waals surface area contributed by atoms with E-state index in [1.54, 1.807) is 18.7 Å². The van der Waals surface area contributed by atoms with Crippen molar-refractivity contribution < 1.29 is 13.2 Å². The van der Waals surface area contributed by atoms with Gasteiger partial charge in [-0.2, -0.15) is 0 Å². The number of benzene rings is 1. The van der Waals surface area contributed by atoms with Crippen LogP contribution in [0.25, 0.3) is 33.3 Å². The van der Waals surface area contributed by atoms with Gasteiger partial charge >= 0.3 is 0 Å². The summed E-state index contributed by atoms with van der Waals surface area (Å²) in [5, 5.41) is 0.850. The van der Waals surface area contributed by atoms with Gasteiger partial charge in [-0.3, -0.25) is 0 Å². The molecule has 0 saturated carbocycles. The van der Waals surface area contributed by atoms with Crippen LogP contribution in [0.3, 0.4) is 0 Å². The van der Waals surface area contributed by atoms with E-state index in [4.69, 9.17) is 4.42 Å². The van der Waals surface area contributed by atoms with E-state index in [0.29, 0.717) is 16.8 Å². The molecular formula is C17H10F2N2O. The van der Waals surface area contributed by atoms with Crippen molar-refractivity contribution in [1.82, 2.24) is 9.97 Å². The fourth-order valence-corrected chi connectivity index (χ4v) is 2.53. The second-order valence-electron chi connectivity index (χ2n) is 4.96. The van der Waals surface area contributed by atoms with Gasteiger partial charge in [-0.15, -0.1) is 0 Å². The zero-order valence-electron chi connectivity index (χ0n) is 11.3. The van der Waals surface area contributed by atoms with Crippen LogP contribution in [0.4, 0.5) is 8.78 Å². The van der Waals surface area contributed by atoms with E-state index in [0.717, 1.165) is 22.6 Å². The smallest absolute Gasteiger partial charge is 0.137 e. The first kappa shape index (κ1) is 12.8. The molecule has 0 aliphatic carbocycles. The third-order valence-electron chi connectivity index (χ3n) is 3.61. The largest absolute Gasteiger partial charge is 0.472 e. The highest BCUT2D eigenvalue weighted by Crippen LogP contribution is 2.32. The number of fused-ring (bicyclic) bond motifs is 1. The Labute approximate surface area is 124 Å². The summed E-state index contributed by atoms with van der Waals surface area (Å²) in [4.78, 5) is 7.38. The van der Waals surface area contributed by atoms with E-state index in [1.165, 1.54) is 12.1 Å². The fraction of sp³-hybridized carbons (Fsp3) is 0. The monoisotopic (exact) mass is 296 g/mol. The Morgan fingerprint density at radius 3 is 2.68 bits per heavy atom. The molecule has 5 heteroatoms. The molecule has 3 nitrogen and oxygen atoms in total. The average Bonchev–Trinajstić information content (AvgIpc) is 3.15. The Bertz CT molecular complexity index is 958. The number of nitrogens with one attached hydrogen (secondary N) is 1.